The van der Waals surface area contributed by atoms with E-state index in [0.717, 1.165) is 0 Å². The van der Waals surface area contributed by atoms with Crippen molar-refractivity contribution in [1.29, 1.82) is 0 Å². The highest BCUT2D eigenvalue weighted by atomic mass is 79.9. The lowest BCUT2D eigenvalue weighted by Crippen LogP contribution is -2.22. The third-order valence-corrected chi connectivity index (χ3v) is 7.78. The van der Waals surface area contributed by atoms with Crippen LogP contribution in [0, 0.1) is 0 Å². The van der Waals surface area contributed by atoms with E-state index in [2.05, 4.69) is 26.0 Å². The van der Waals surface area contributed by atoms with Crippen molar-refractivity contribution < 1.29 is 28.5 Å². The van der Waals surface area contributed by atoms with E-state index >= 15 is 0 Å². The predicted molar refractivity (Wildman–Crippen MR) is 155 cm³/mol. The number of methoxy groups -OCH3 is 3. The van der Waals surface area contributed by atoms with Crippen molar-refractivity contribution in [2.24, 2.45) is 0 Å². The monoisotopic (exact) mass is 628 g/mol. The molecule has 3 aromatic carbocycles. The summed E-state index contributed by atoms with van der Waals surface area (Å²) in [6.07, 6.45) is 1.49. The molecule has 210 valence electrons. The van der Waals surface area contributed by atoms with Crippen LogP contribution >= 0.6 is 15.9 Å². The van der Waals surface area contributed by atoms with E-state index in [9.17, 15) is 9.90 Å². The summed E-state index contributed by atoms with van der Waals surface area (Å²) in [6, 6.07) is 15.7. The van der Waals surface area contributed by atoms with Crippen LogP contribution in [0.25, 0.3) is 28.0 Å². The molecule has 7 rings (SSSR count). The summed E-state index contributed by atoms with van der Waals surface area (Å²) < 4.78 is 30.6. The van der Waals surface area contributed by atoms with Gasteiger partial charge < -0.3 is 28.5 Å². The van der Waals surface area contributed by atoms with E-state index in [0.29, 0.717) is 66.6 Å². The van der Waals surface area contributed by atoms with Gasteiger partial charge in [-0.15, -0.1) is 5.10 Å². The van der Waals surface area contributed by atoms with E-state index in [1.807, 2.05) is 18.2 Å². The Bertz CT molecular complexity index is 2110. The Morgan fingerprint density at radius 1 is 0.976 bits per heavy atom. The van der Waals surface area contributed by atoms with Crippen LogP contribution in [0.4, 0.5) is 0 Å². The maximum absolute atomic E-state index is 13.7. The van der Waals surface area contributed by atoms with Crippen molar-refractivity contribution in [1.82, 2.24) is 19.6 Å². The number of aromatic hydroxyl groups is 1. The number of benzene rings is 3. The van der Waals surface area contributed by atoms with Crippen molar-refractivity contribution in [3.8, 4) is 46.0 Å². The van der Waals surface area contributed by atoms with E-state index in [1.54, 1.807) is 37.4 Å². The van der Waals surface area contributed by atoms with Crippen LogP contribution in [-0.4, -0.2) is 46.0 Å². The van der Waals surface area contributed by atoms with Crippen LogP contribution in [0.15, 0.2) is 74.6 Å². The summed E-state index contributed by atoms with van der Waals surface area (Å²) in [5.74, 6) is 1.43. The summed E-state index contributed by atoms with van der Waals surface area (Å²) in [5.41, 5.74) is 2.24. The second-order valence-corrected chi connectivity index (χ2v) is 10.3. The molecule has 0 saturated carbocycles. The van der Waals surface area contributed by atoms with Gasteiger partial charge in [-0.05, 0) is 64.0 Å². The second kappa shape index (κ2) is 9.77. The van der Waals surface area contributed by atoms with Crippen LogP contribution in [0.3, 0.4) is 0 Å². The summed E-state index contributed by atoms with van der Waals surface area (Å²) in [7, 11) is 4.56. The molecule has 0 amide bonds. The largest absolute Gasteiger partial charge is 0.504 e. The van der Waals surface area contributed by atoms with Crippen LogP contribution in [0.1, 0.15) is 22.6 Å². The lowest BCUT2D eigenvalue weighted by atomic mass is 9.84. The molecule has 1 aliphatic rings. The molecule has 1 unspecified atom stereocenters. The number of phenols is 1. The number of para-hydroxylation sites is 1. The van der Waals surface area contributed by atoms with Crippen molar-refractivity contribution in [2.75, 3.05) is 21.3 Å². The van der Waals surface area contributed by atoms with Gasteiger partial charge in [0.05, 0.1) is 48.2 Å². The number of aromatic nitrogens is 4. The second-order valence-electron chi connectivity index (χ2n) is 9.46. The molecule has 0 fully saturated rings. The highest BCUT2D eigenvalue weighted by Crippen LogP contribution is 2.51. The maximum atomic E-state index is 13.7. The normalized spacial score (nSPS) is 13.9. The summed E-state index contributed by atoms with van der Waals surface area (Å²) in [6.45, 7) is 0. The first kappa shape index (κ1) is 25.8. The summed E-state index contributed by atoms with van der Waals surface area (Å²) in [5, 5.41) is 15.6. The van der Waals surface area contributed by atoms with Crippen molar-refractivity contribution in [3.63, 3.8) is 0 Å². The van der Waals surface area contributed by atoms with E-state index < -0.39 is 11.5 Å². The number of hydrogen-bond acceptors (Lipinski definition) is 10. The first-order valence-corrected chi connectivity index (χ1v) is 13.5. The van der Waals surface area contributed by atoms with Crippen LogP contribution in [0.5, 0.6) is 34.6 Å². The molecule has 4 heterocycles. The standard InChI is InChI=1S/C30H21BrN4O7/c1-38-20-9-8-14(11-18(20)36)27-33-28-24-22(15-10-17(31)26(40-3)21(12-15)39-2)23-25(42-29(24)32-13-35(28)34-27)16-6-4-5-7-19(16)41-30(23)37/h4-13,22,36H,1-3H3. The van der Waals surface area contributed by atoms with Crippen molar-refractivity contribution >= 4 is 32.5 Å². The number of phenolic OH excluding ortho intramolecular Hbond substituents is 1. The Morgan fingerprint density at radius 3 is 2.55 bits per heavy atom. The van der Waals surface area contributed by atoms with Crippen LogP contribution < -0.4 is 24.6 Å². The fourth-order valence-electron chi connectivity index (χ4n) is 5.32. The minimum Gasteiger partial charge on any atom is -0.504 e. The van der Waals surface area contributed by atoms with E-state index in [-0.39, 0.29) is 17.2 Å². The summed E-state index contributed by atoms with van der Waals surface area (Å²) in [4.78, 5) is 23.1. The molecule has 0 radical (unpaired) electrons. The molecule has 1 aliphatic heterocycles. The zero-order valence-corrected chi connectivity index (χ0v) is 24.0. The molecule has 1 N–H and O–H groups in total. The molecule has 1 atom stereocenters. The molecule has 0 aliphatic carbocycles. The quantitative estimate of drug-likeness (QED) is 0.238. The zero-order chi connectivity index (χ0) is 29.1. The van der Waals surface area contributed by atoms with E-state index in [1.165, 1.54) is 31.1 Å². The number of ether oxygens (including phenoxy) is 4. The van der Waals surface area contributed by atoms with Gasteiger partial charge in [-0.3, -0.25) is 0 Å². The predicted octanol–water partition coefficient (Wildman–Crippen LogP) is 5.68. The topological polar surface area (TPSA) is 130 Å². The minimum atomic E-state index is -0.738. The number of halogens is 1. The molecular weight excluding hydrogens is 608 g/mol. The average Bonchev–Trinajstić information content (AvgIpc) is 3.44. The lowest BCUT2D eigenvalue weighted by Gasteiger charge is -2.28. The Hall–Kier alpha value is -5.10. The Kier molecular flexibility index (Phi) is 6.01. The first-order valence-electron chi connectivity index (χ1n) is 12.7. The fraction of sp³-hybridized carbons (Fsp3) is 0.133. The average molecular weight is 629 g/mol. The Labute approximate surface area is 246 Å². The van der Waals surface area contributed by atoms with E-state index in [4.69, 9.17) is 28.3 Å². The molecule has 0 spiro atoms. The molecule has 11 nitrogen and oxygen atoms in total. The molecule has 12 heteroatoms. The molecule has 42 heavy (non-hydrogen) atoms. The first-order chi connectivity index (χ1) is 20.4. The lowest BCUT2D eigenvalue weighted by molar-refractivity contribution is 0.352. The molecule has 3 aromatic heterocycles. The van der Waals surface area contributed by atoms with Crippen molar-refractivity contribution in [2.45, 2.75) is 5.92 Å². The minimum absolute atomic E-state index is 0.0520. The zero-order valence-electron chi connectivity index (χ0n) is 22.4. The number of hydrogen-bond donors (Lipinski definition) is 1. The van der Waals surface area contributed by atoms with Gasteiger partial charge in [0, 0.05) is 5.56 Å². The van der Waals surface area contributed by atoms with Gasteiger partial charge in [0.25, 0.3) is 0 Å². The molecule has 0 saturated heterocycles. The van der Waals surface area contributed by atoms with Gasteiger partial charge in [0.1, 0.15) is 11.9 Å². The van der Waals surface area contributed by atoms with Gasteiger partial charge >= 0.3 is 5.63 Å². The third-order valence-electron chi connectivity index (χ3n) is 7.19. The SMILES string of the molecule is COc1ccc(-c2nc3c4c(ncn3n2)Oc2c(c(=O)oc3ccccc23)C4c2cc(Br)c(OC)c(OC)c2)cc1O. The number of fused-ring (bicyclic) bond motifs is 6. The third kappa shape index (κ3) is 3.86. The van der Waals surface area contributed by atoms with Crippen LogP contribution in [0.2, 0.25) is 0 Å². The highest BCUT2D eigenvalue weighted by Gasteiger charge is 2.38. The van der Waals surface area contributed by atoms with Crippen molar-refractivity contribution in [3.05, 3.63) is 92.5 Å². The van der Waals surface area contributed by atoms with Gasteiger partial charge in [-0.1, -0.05) is 12.1 Å². The van der Waals surface area contributed by atoms with Crippen LogP contribution in [-0.2, 0) is 0 Å². The van der Waals surface area contributed by atoms with Gasteiger partial charge in [0.15, 0.2) is 40.2 Å². The maximum Gasteiger partial charge on any atom is 0.344 e. The number of nitrogens with zero attached hydrogens (tertiary/aromatic N) is 4. The fourth-order valence-corrected chi connectivity index (χ4v) is 5.94. The molecule has 6 aromatic rings. The molecule has 0 bridgehead atoms. The van der Waals surface area contributed by atoms with Gasteiger partial charge in [-0.25, -0.2) is 19.3 Å². The smallest absolute Gasteiger partial charge is 0.344 e. The highest BCUT2D eigenvalue weighted by molar-refractivity contribution is 9.10. The molecular formula is C30H21BrN4O7. The number of rotatable bonds is 5. The van der Waals surface area contributed by atoms with Gasteiger partial charge in [-0.2, -0.15) is 0 Å². The Balaban J connectivity index is 1.53. The van der Waals surface area contributed by atoms with Gasteiger partial charge in [0.2, 0.25) is 5.88 Å². The summed E-state index contributed by atoms with van der Waals surface area (Å²) >= 11 is 3.59. The Morgan fingerprint density at radius 2 is 1.79 bits per heavy atom.